The molecule has 102 valence electrons. The summed E-state index contributed by atoms with van der Waals surface area (Å²) in [4.78, 5) is 3.87. The van der Waals surface area contributed by atoms with E-state index < -0.39 is 10.0 Å². The number of piperidine rings is 1. The predicted molar refractivity (Wildman–Crippen MR) is 69.5 cm³/mol. The molecule has 0 amide bonds. The van der Waals surface area contributed by atoms with Crippen molar-refractivity contribution in [3.8, 4) is 6.07 Å². The van der Waals surface area contributed by atoms with Gasteiger partial charge in [0.05, 0.1) is 5.56 Å². The molecule has 1 saturated heterocycles. The fourth-order valence-corrected chi connectivity index (χ4v) is 4.08. The van der Waals surface area contributed by atoms with Crippen molar-refractivity contribution in [2.75, 3.05) is 13.1 Å². The zero-order valence-corrected chi connectivity index (χ0v) is 11.3. The Kier molecular flexibility index (Phi) is 4.14. The van der Waals surface area contributed by atoms with Gasteiger partial charge in [-0.25, -0.2) is 13.4 Å². The first-order valence-electron chi connectivity index (χ1n) is 6.18. The van der Waals surface area contributed by atoms with Crippen LogP contribution >= 0.6 is 0 Å². The Morgan fingerprint density at radius 1 is 1.53 bits per heavy atom. The van der Waals surface area contributed by atoms with Crippen molar-refractivity contribution in [2.45, 2.75) is 30.3 Å². The van der Waals surface area contributed by atoms with Crippen LogP contribution in [0.1, 0.15) is 24.8 Å². The molecule has 0 spiro atoms. The number of sulfonamides is 1. The van der Waals surface area contributed by atoms with Crippen molar-refractivity contribution in [1.29, 1.82) is 5.26 Å². The highest BCUT2D eigenvalue weighted by Gasteiger charge is 2.34. The molecule has 1 aliphatic heterocycles. The predicted octanol–water partition coefficient (Wildman–Crippen LogP) is 0.455. The van der Waals surface area contributed by atoms with Crippen LogP contribution in [0.5, 0.6) is 0 Å². The monoisotopic (exact) mass is 280 g/mol. The fourth-order valence-electron chi connectivity index (χ4n) is 2.32. The summed E-state index contributed by atoms with van der Waals surface area (Å²) in [5, 5.41) is 8.84. The smallest absolute Gasteiger partial charge is 0.262 e. The third kappa shape index (κ3) is 2.61. The van der Waals surface area contributed by atoms with Gasteiger partial charge in [0.2, 0.25) is 0 Å². The summed E-state index contributed by atoms with van der Waals surface area (Å²) in [6, 6.07) is 4.68. The molecule has 2 N–H and O–H groups in total. The number of hydrogen-bond acceptors (Lipinski definition) is 5. The van der Waals surface area contributed by atoms with Crippen molar-refractivity contribution in [3.63, 3.8) is 0 Å². The molecule has 0 unspecified atom stereocenters. The third-order valence-electron chi connectivity index (χ3n) is 3.29. The second kappa shape index (κ2) is 5.65. The molecule has 7 heteroatoms. The summed E-state index contributed by atoms with van der Waals surface area (Å²) in [5.74, 6) is 0. The molecule has 2 heterocycles. The number of hydrogen-bond donors (Lipinski definition) is 1. The Morgan fingerprint density at radius 3 is 3.00 bits per heavy atom. The van der Waals surface area contributed by atoms with Gasteiger partial charge in [-0.15, -0.1) is 0 Å². The first-order chi connectivity index (χ1) is 9.11. The van der Waals surface area contributed by atoms with Crippen LogP contribution in [0.3, 0.4) is 0 Å². The minimum atomic E-state index is -3.75. The summed E-state index contributed by atoms with van der Waals surface area (Å²) in [6.45, 7) is 0.722. The Morgan fingerprint density at radius 2 is 2.32 bits per heavy atom. The van der Waals surface area contributed by atoms with Gasteiger partial charge in [0.15, 0.2) is 5.03 Å². The number of nitriles is 1. The number of aromatic nitrogens is 1. The van der Waals surface area contributed by atoms with Gasteiger partial charge in [0, 0.05) is 25.3 Å². The van der Waals surface area contributed by atoms with Gasteiger partial charge in [-0.05, 0) is 25.0 Å². The fraction of sp³-hybridized carbons (Fsp3) is 0.500. The van der Waals surface area contributed by atoms with Gasteiger partial charge in [0.25, 0.3) is 10.0 Å². The van der Waals surface area contributed by atoms with E-state index >= 15 is 0 Å². The molecular formula is C12H16N4O2S. The topological polar surface area (TPSA) is 100 Å². The van der Waals surface area contributed by atoms with Crippen LogP contribution in [0.4, 0.5) is 0 Å². The van der Waals surface area contributed by atoms with Crippen LogP contribution in [0.15, 0.2) is 23.4 Å². The molecule has 1 aromatic rings. The molecule has 1 atom stereocenters. The summed E-state index contributed by atoms with van der Waals surface area (Å²) >= 11 is 0. The van der Waals surface area contributed by atoms with Crippen LogP contribution in [0.25, 0.3) is 0 Å². The molecule has 0 radical (unpaired) electrons. The molecule has 2 rings (SSSR count). The van der Waals surface area contributed by atoms with Crippen molar-refractivity contribution in [1.82, 2.24) is 9.29 Å². The highest BCUT2D eigenvalue weighted by molar-refractivity contribution is 7.89. The summed E-state index contributed by atoms with van der Waals surface area (Å²) in [6.07, 6.45) is 3.92. The first-order valence-corrected chi connectivity index (χ1v) is 7.62. The normalized spacial score (nSPS) is 20.9. The molecule has 0 aromatic carbocycles. The summed E-state index contributed by atoms with van der Waals surface area (Å²) in [5.41, 5.74) is 5.72. The van der Waals surface area contributed by atoms with E-state index in [1.807, 2.05) is 6.07 Å². The molecule has 19 heavy (non-hydrogen) atoms. The highest BCUT2D eigenvalue weighted by atomic mass is 32.2. The lowest BCUT2D eigenvalue weighted by molar-refractivity contribution is 0.257. The molecular weight excluding hydrogens is 264 g/mol. The van der Waals surface area contributed by atoms with E-state index in [1.54, 1.807) is 6.07 Å². The zero-order valence-electron chi connectivity index (χ0n) is 10.5. The molecule has 0 aliphatic carbocycles. The number of rotatable bonds is 3. The van der Waals surface area contributed by atoms with E-state index in [-0.39, 0.29) is 23.2 Å². The Hall–Kier alpha value is -1.49. The maximum atomic E-state index is 12.6. The van der Waals surface area contributed by atoms with Gasteiger partial charge >= 0.3 is 0 Å². The Bertz CT molecular complexity index is 594. The van der Waals surface area contributed by atoms with Crippen LogP contribution in [0, 0.1) is 11.3 Å². The lowest BCUT2D eigenvalue weighted by Gasteiger charge is -2.33. The second-order valence-corrected chi connectivity index (χ2v) is 6.27. The average Bonchev–Trinajstić information content (AvgIpc) is 2.47. The van der Waals surface area contributed by atoms with E-state index in [4.69, 9.17) is 11.0 Å². The zero-order chi connectivity index (χ0) is 13.9. The van der Waals surface area contributed by atoms with E-state index in [0.717, 1.165) is 19.3 Å². The minimum Gasteiger partial charge on any atom is -0.329 e. The largest absolute Gasteiger partial charge is 0.329 e. The van der Waals surface area contributed by atoms with Gasteiger partial charge in [-0.3, -0.25) is 0 Å². The lowest BCUT2D eigenvalue weighted by atomic mass is 10.1. The molecule has 0 bridgehead atoms. The van der Waals surface area contributed by atoms with E-state index in [0.29, 0.717) is 6.54 Å². The van der Waals surface area contributed by atoms with Gasteiger partial charge < -0.3 is 5.73 Å². The molecule has 0 saturated carbocycles. The number of nitrogens with zero attached hydrogens (tertiary/aromatic N) is 3. The van der Waals surface area contributed by atoms with Crippen LogP contribution < -0.4 is 5.73 Å². The quantitative estimate of drug-likeness (QED) is 0.866. The van der Waals surface area contributed by atoms with Crippen LogP contribution in [-0.4, -0.2) is 36.8 Å². The molecule has 1 aliphatic rings. The Labute approximate surface area is 112 Å². The third-order valence-corrected chi connectivity index (χ3v) is 5.20. The molecule has 1 aromatic heterocycles. The van der Waals surface area contributed by atoms with Gasteiger partial charge in [-0.2, -0.15) is 9.57 Å². The van der Waals surface area contributed by atoms with Gasteiger partial charge in [-0.1, -0.05) is 6.42 Å². The van der Waals surface area contributed by atoms with Crippen molar-refractivity contribution in [3.05, 3.63) is 23.9 Å². The Balaban J connectivity index is 2.44. The van der Waals surface area contributed by atoms with Gasteiger partial charge in [0.1, 0.15) is 6.07 Å². The van der Waals surface area contributed by atoms with E-state index in [2.05, 4.69) is 4.98 Å². The van der Waals surface area contributed by atoms with E-state index in [1.165, 1.54) is 16.6 Å². The standard InChI is InChI=1S/C12H16N4O2S/c13-8-10-4-3-6-15-12(10)19(17,18)16-7-2-1-5-11(16)9-14/h3-4,6,11H,1-2,5,7,9,14H2/t11-/m1/s1. The minimum absolute atomic E-state index is 0.0730. The molecule has 6 nitrogen and oxygen atoms in total. The van der Waals surface area contributed by atoms with Crippen molar-refractivity contribution < 1.29 is 8.42 Å². The van der Waals surface area contributed by atoms with E-state index in [9.17, 15) is 8.42 Å². The van der Waals surface area contributed by atoms with Crippen LogP contribution in [-0.2, 0) is 10.0 Å². The first kappa shape index (κ1) is 13.9. The summed E-state index contributed by atoms with van der Waals surface area (Å²) in [7, 11) is -3.75. The SMILES string of the molecule is N#Cc1cccnc1S(=O)(=O)N1CCCC[C@@H]1CN. The highest BCUT2D eigenvalue weighted by Crippen LogP contribution is 2.25. The summed E-state index contributed by atoms with van der Waals surface area (Å²) < 4.78 is 26.6. The average molecular weight is 280 g/mol. The molecule has 1 fully saturated rings. The van der Waals surface area contributed by atoms with Crippen molar-refractivity contribution in [2.24, 2.45) is 5.73 Å². The lowest BCUT2D eigenvalue weighted by Crippen LogP contribution is -2.47. The second-order valence-electron chi connectivity index (χ2n) is 4.47. The number of nitrogens with two attached hydrogens (primary N) is 1. The van der Waals surface area contributed by atoms with Crippen LogP contribution in [0.2, 0.25) is 0 Å². The maximum Gasteiger partial charge on any atom is 0.262 e. The van der Waals surface area contributed by atoms with Crippen molar-refractivity contribution >= 4 is 10.0 Å². The maximum absolute atomic E-state index is 12.6. The number of pyridine rings is 1.